The first-order valence-corrected chi connectivity index (χ1v) is 7.91. The van der Waals surface area contributed by atoms with Crippen molar-refractivity contribution in [2.45, 2.75) is 20.3 Å². The number of nitrogens with zero attached hydrogens (tertiary/aromatic N) is 2. The van der Waals surface area contributed by atoms with E-state index < -0.39 is 0 Å². The van der Waals surface area contributed by atoms with Crippen LogP contribution in [0.15, 0.2) is 48.5 Å². The topological polar surface area (TPSA) is 33.2 Å². The third-order valence-electron chi connectivity index (χ3n) is 4.43. The molecule has 0 fully saturated rings. The van der Waals surface area contributed by atoms with Crippen LogP contribution >= 0.6 is 0 Å². The minimum Gasteiger partial charge on any atom is -0.292 e. The Bertz CT molecular complexity index is 913. The van der Waals surface area contributed by atoms with Crippen LogP contribution in [0.1, 0.15) is 27.0 Å². The number of carbonyl (C=O) groups excluding carboxylic acids is 1. The van der Waals surface area contributed by atoms with Crippen LogP contribution in [0.2, 0.25) is 0 Å². The fourth-order valence-electron chi connectivity index (χ4n) is 3.12. The normalized spacial score (nSPS) is 13.4. The molecule has 0 saturated carbocycles. The molecule has 0 spiro atoms. The van der Waals surface area contributed by atoms with Gasteiger partial charge in [0, 0.05) is 17.5 Å². The summed E-state index contributed by atoms with van der Waals surface area (Å²) in [7, 11) is 0. The minimum atomic E-state index is 0.0308. The van der Waals surface area contributed by atoms with Crippen LogP contribution in [0.25, 0.3) is 10.9 Å². The van der Waals surface area contributed by atoms with E-state index in [0.717, 1.165) is 39.8 Å². The lowest BCUT2D eigenvalue weighted by atomic mass is 10.1. The maximum absolute atomic E-state index is 12.8. The SMILES string of the molecule is Cc1ccc(C(=O)N2CCc3cc4ccc(C)cc4nc32)cc1. The van der Waals surface area contributed by atoms with Crippen molar-refractivity contribution in [2.75, 3.05) is 11.4 Å². The summed E-state index contributed by atoms with van der Waals surface area (Å²) in [6, 6.07) is 16.2. The van der Waals surface area contributed by atoms with E-state index in [-0.39, 0.29) is 5.91 Å². The van der Waals surface area contributed by atoms with E-state index in [9.17, 15) is 4.79 Å². The Morgan fingerprint density at radius 3 is 2.52 bits per heavy atom. The number of hydrogen-bond donors (Lipinski definition) is 0. The first kappa shape index (κ1) is 13.9. The van der Waals surface area contributed by atoms with Crippen LogP contribution in [0.3, 0.4) is 0 Å². The number of benzene rings is 2. The van der Waals surface area contributed by atoms with Gasteiger partial charge in [0.25, 0.3) is 5.91 Å². The number of fused-ring (bicyclic) bond motifs is 2. The van der Waals surface area contributed by atoms with Crippen LogP contribution in [0, 0.1) is 13.8 Å². The third kappa shape index (κ3) is 2.38. The predicted molar refractivity (Wildman–Crippen MR) is 93.0 cm³/mol. The second-order valence-electron chi connectivity index (χ2n) is 6.24. The van der Waals surface area contributed by atoms with Crippen LogP contribution in [0.5, 0.6) is 0 Å². The molecule has 1 aliphatic heterocycles. The highest BCUT2D eigenvalue weighted by Crippen LogP contribution is 2.30. The Morgan fingerprint density at radius 1 is 1.00 bits per heavy atom. The molecule has 1 amide bonds. The van der Waals surface area contributed by atoms with Gasteiger partial charge >= 0.3 is 0 Å². The second kappa shape index (κ2) is 5.20. The molecular weight excluding hydrogens is 284 g/mol. The number of rotatable bonds is 1. The van der Waals surface area contributed by atoms with Crippen LogP contribution in [0.4, 0.5) is 5.82 Å². The standard InChI is InChI=1S/C20H18N2O/c1-13-3-6-15(7-4-13)20(23)22-10-9-17-12-16-8-5-14(2)11-18(16)21-19(17)22/h3-8,11-12H,9-10H2,1-2H3. The Kier molecular flexibility index (Phi) is 3.15. The van der Waals surface area contributed by atoms with Gasteiger partial charge in [-0.25, -0.2) is 4.98 Å². The van der Waals surface area contributed by atoms with Gasteiger partial charge in [-0.05, 0) is 55.7 Å². The highest BCUT2D eigenvalue weighted by Gasteiger charge is 2.27. The summed E-state index contributed by atoms with van der Waals surface area (Å²) in [4.78, 5) is 19.4. The van der Waals surface area contributed by atoms with E-state index >= 15 is 0 Å². The molecule has 0 unspecified atom stereocenters. The van der Waals surface area contributed by atoms with E-state index in [4.69, 9.17) is 4.98 Å². The van der Waals surface area contributed by atoms with Crippen LogP contribution < -0.4 is 4.90 Å². The van der Waals surface area contributed by atoms with E-state index in [1.807, 2.05) is 36.1 Å². The summed E-state index contributed by atoms with van der Waals surface area (Å²) in [6.07, 6.45) is 0.865. The molecule has 1 aromatic heterocycles. The molecule has 2 heterocycles. The van der Waals surface area contributed by atoms with Gasteiger partial charge in [0.2, 0.25) is 0 Å². The molecule has 0 radical (unpaired) electrons. The average Bonchev–Trinajstić information content (AvgIpc) is 2.95. The quantitative estimate of drug-likeness (QED) is 0.679. The first-order chi connectivity index (χ1) is 11.1. The molecule has 3 heteroatoms. The van der Waals surface area contributed by atoms with Crippen molar-refractivity contribution in [3.8, 4) is 0 Å². The second-order valence-corrected chi connectivity index (χ2v) is 6.24. The third-order valence-corrected chi connectivity index (χ3v) is 4.43. The summed E-state index contributed by atoms with van der Waals surface area (Å²) in [6.45, 7) is 4.78. The Morgan fingerprint density at radius 2 is 1.74 bits per heavy atom. The summed E-state index contributed by atoms with van der Waals surface area (Å²) < 4.78 is 0. The molecule has 0 bridgehead atoms. The molecule has 0 N–H and O–H groups in total. The largest absolute Gasteiger partial charge is 0.292 e. The van der Waals surface area contributed by atoms with Crippen molar-refractivity contribution in [2.24, 2.45) is 0 Å². The first-order valence-electron chi connectivity index (χ1n) is 7.91. The zero-order valence-corrected chi connectivity index (χ0v) is 13.3. The molecule has 1 aliphatic rings. The van der Waals surface area contributed by atoms with Gasteiger partial charge in [-0.3, -0.25) is 9.69 Å². The lowest BCUT2D eigenvalue weighted by Gasteiger charge is -2.17. The number of hydrogen-bond acceptors (Lipinski definition) is 2. The molecule has 114 valence electrons. The zero-order valence-electron chi connectivity index (χ0n) is 13.3. The highest BCUT2D eigenvalue weighted by atomic mass is 16.2. The zero-order chi connectivity index (χ0) is 16.0. The molecule has 0 atom stereocenters. The van der Waals surface area contributed by atoms with E-state index in [1.54, 1.807) is 0 Å². The fourth-order valence-corrected chi connectivity index (χ4v) is 3.12. The molecule has 23 heavy (non-hydrogen) atoms. The van der Waals surface area contributed by atoms with Gasteiger partial charge in [0.1, 0.15) is 5.82 Å². The smallest absolute Gasteiger partial charge is 0.259 e. The van der Waals surface area contributed by atoms with E-state index in [2.05, 4.69) is 31.2 Å². The maximum Gasteiger partial charge on any atom is 0.259 e. The van der Waals surface area contributed by atoms with Crippen LogP contribution in [-0.4, -0.2) is 17.4 Å². The number of carbonyl (C=O) groups is 1. The monoisotopic (exact) mass is 302 g/mol. The van der Waals surface area contributed by atoms with Gasteiger partial charge in [-0.1, -0.05) is 29.8 Å². The fraction of sp³-hybridized carbons (Fsp3) is 0.200. The van der Waals surface area contributed by atoms with Gasteiger partial charge in [0.15, 0.2) is 0 Å². The number of aromatic nitrogens is 1. The number of anilines is 1. The Hall–Kier alpha value is -2.68. The predicted octanol–water partition coefficient (Wildman–Crippen LogP) is 4.05. The van der Waals surface area contributed by atoms with E-state index in [1.165, 1.54) is 5.56 Å². The van der Waals surface area contributed by atoms with Gasteiger partial charge in [-0.2, -0.15) is 0 Å². The maximum atomic E-state index is 12.8. The van der Waals surface area contributed by atoms with Gasteiger partial charge < -0.3 is 0 Å². The molecular formula is C20H18N2O. The van der Waals surface area contributed by atoms with Crippen LogP contribution in [-0.2, 0) is 6.42 Å². The van der Waals surface area contributed by atoms with E-state index in [0.29, 0.717) is 6.54 Å². The number of aryl methyl sites for hydroxylation is 2. The summed E-state index contributed by atoms with van der Waals surface area (Å²) in [5, 5.41) is 1.14. The summed E-state index contributed by atoms with van der Waals surface area (Å²) in [5.74, 6) is 0.844. The number of amides is 1. The van der Waals surface area contributed by atoms with Crippen molar-refractivity contribution in [3.63, 3.8) is 0 Å². The van der Waals surface area contributed by atoms with Crippen molar-refractivity contribution in [1.29, 1.82) is 0 Å². The lowest BCUT2D eigenvalue weighted by Crippen LogP contribution is -2.29. The molecule has 4 rings (SSSR count). The highest BCUT2D eigenvalue weighted by molar-refractivity contribution is 6.07. The average molecular weight is 302 g/mol. The van der Waals surface area contributed by atoms with Crippen molar-refractivity contribution >= 4 is 22.6 Å². The van der Waals surface area contributed by atoms with Crippen molar-refractivity contribution in [3.05, 3.63) is 70.8 Å². The molecule has 3 nitrogen and oxygen atoms in total. The molecule has 2 aromatic carbocycles. The molecule has 0 aliphatic carbocycles. The van der Waals surface area contributed by atoms with Crippen molar-refractivity contribution < 1.29 is 4.79 Å². The minimum absolute atomic E-state index is 0.0308. The summed E-state index contributed by atoms with van der Waals surface area (Å²) >= 11 is 0. The Balaban J connectivity index is 1.77. The number of pyridine rings is 1. The van der Waals surface area contributed by atoms with Gasteiger partial charge in [0.05, 0.1) is 5.52 Å². The molecule has 0 saturated heterocycles. The van der Waals surface area contributed by atoms with Gasteiger partial charge in [-0.15, -0.1) is 0 Å². The lowest BCUT2D eigenvalue weighted by molar-refractivity contribution is 0.0989. The molecule has 3 aromatic rings. The summed E-state index contributed by atoms with van der Waals surface area (Å²) in [5.41, 5.74) is 5.16. The Labute approximate surface area is 135 Å². The van der Waals surface area contributed by atoms with Crippen molar-refractivity contribution in [1.82, 2.24) is 4.98 Å².